The number of nitrogens with zero attached hydrogens (tertiary/aromatic N) is 2. The van der Waals surface area contributed by atoms with Gasteiger partial charge in [0.05, 0.1) is 18.6 Å². The van der Waals surface area contributed by atoms with Gasteiger partial charge in [-0.1, -0.05) is 12.1 Å². The predicted octanol–water partition coefficient (Wildman–Crippen LogP) is 0.499. The molecule has 3 rings (SSSR count). The fourth-order valence-corrected chi connectivity index (χ4v) is 3.45. The van der Waals surface area contributed by atoms with Crippen molar-refractivity contribution in [2.45, 2.75) is 38.0 Å². The lowest BCUT2D eigenvalue weighted by Crippen LogP contribution is -2.56. The van der Waals surface area contributed by atoms with Crippen LogP contribution in [0.2, 0.25) is 0 Å². The second-order valence-corrected chi connectivity index (χ2v) is 6.72. The molecule has 2 heterocycles. The van der Waals surface area contributed by atoms with Gasteiger partial charge >= 0.3 is 0 Å². The maximum Gasteiger partial charge on any atom is 0.237 e. The highest BCUT2D eigenvalue weighted by atomic mass is 19.1. The van der Waals surface area contributed by atoms with E-state index in [4.69, 9.17) is 0 Å². The molecule has 2 fully saturated rings. The van der Waals surface area contributed by atoms with Gasteiger partial charge in [0.2, 0.25) is 11.8 Å². The van der Waals surface area contributed by atoms with Crippen LogP contribution >= 0.6 is 0 Å². The summed E-state index contributed by atoms with van der Waals surface area (Å²) in [5, 5.41) is 12.4. The molecule has 1 aromatic rings. The molecular weight excluding hydrogens is 325 g/mol. The molecule has 7 heteroatoms. The number of aliphatic hydroxyl groups is 1. The molecule has 0 unspecified atom stereocenters. The Bertz CT molecular complexity index is 632. The molecule has 1 atom stereocenters. The van der Waals surface area contributed by atoms with Crippen LogP contribution in [0.1, 0.15) is 24.8 Å². The van der Waals surface area contributed by atoms with Crippen molar-refractivity contribution in [3.05, 3.63) is 35.6 Å². The first-order valence-corrected chi connectivity index (χ1v) is 8.75. The van der Waals surface area contributed by atoms with Gasteiger partial charge in [-0.05, 0) is 30.5 Å². The number of nitrogens with one attached hydrogen (secondary N) is 1. The van der Waals surface area contributed by atoms with E-state index >= 15 is 0 Å². The minimum Gasteiger partial charge on any atom is -0.393 e. The molecule has 136 valence electrons. The highest BCUT2D eigenvalue weighted by Crippen LogP contribution is 2.18. The van der Waals surface area contributed by atoms with E-state index in [-0.39, 0.29) is 30.2 Å². The van der Waals surface area contributed by atoms with E-state index in [9.17, 15) is 19.1 Å². The molecule has 25 heavy (non-hydrogen) atoms. The maximum absolute atomic E-state index is 13.4. The summed E-state index contributed by atoms with van der Waals surface area (Å²) in [7, 11) is 0. The third-order valence-corrected chi connectivity index (χ3v) is 4.90. The van der Waals surface area contributed by atoms with Crippen molar-refractivity contribution < 1.29 is 19.1 Å². The lowest BCUT2D eigenvalue weighted by Gasteiger charge is -2.36. The number of benzene rings is 1. The van der Waals surface area contributed by atoms with Crippen LogP contribution in [-0.2, 0) is 16.1 Å². The Kier molecular flexibility index (Phi) is 5.65. The SMILES string of the molecule is O=C1NCCN(Cc2cccc(F)c2)[C@@H]1CC(=O)N1CCC(O)CC1. The van der Waals surface area contributed by atoms with Crippen molar-refractivity contribution >= 4 is 11.8 Å². The smallest absolute Gasteiger partial charge is 0.237 e. The Morgan fingerprint density at radius 2 is 2.04 bits per heavy atom. The van der Waals surface area contributed by atoms with E-state index in [0.717, 1.165) is 5.56 Å². The normalized spacial score (nSPS) is 22.7. The van der Waals surface area contributed by atoms with Gasteiger partial charge in [-0.2, -0.15) is 0 Å². The number of aliphatic hydroxyl groups excluding tert-OH is 1. The van der Waals surface area contributed by atoms with Crippen LogP contribution in [-0.4, -0.2) is 65.0 Å². The Morgan fingerprint density at radius 3 is 2.76 bits per heavy atom. The van der Waals surface area contributed by atoms with Crippen LogP contribution in [0.15, 0.2) is 24.3 Å². The molecule has 2 aliphatic rings. The van der Waals surface area contributed by atoms with Gasteiger partial charge in [0.25, 0.3) is 0 Å². The third kappa shape index (κ3) is 4.55. The van der Waals surface area contributed by atoms with Gasteiger partial charge in [0, 0.05) is 32.7 Å². The van der Waals surface area contributed by atoms with Crippen LogP contribution in [0, 0.1) is 5.82 Å². The quantitative estimate of drug-likeness (QED) is 0.830. The number of likely N-dealkylation sites (tertiary alicyclic amines) is 1. The number of hydrogen-bond acceptors (Lipinski definition) is 4. The average Bonchev–Trinajstić information content (AvgIpc) is 2.58. The molecule has 0 aliphatic carbocycles. The van der Waals surface area contributed by atoms with E-state index in [1.807, 2.05) is 11.0 Å². The Balaban J connectivity index is 1.65. The van der Waals surface area contributed by atoms with Crippen LogP contribution in [0.3, 0.4) is 0 Å². The van der Waals surface area contributed by atoms with Crippen molar-refractivity contribution in [2.75, 3.05) is 26.2 Å². The molecule has 1 aromatic carbocycles. The lowest BCUT2D eigenvalue weighted by atomic mass is 10.0. The molecule has 6 nitrogen and oxygen atoms in total. The van der Waals surface area contributed by atoms with Crippen molar-refractivity contribution in [1.29, 1.82) is 0 Å². The van der Waals surface area contributed by atoms with Gasteiger partial charge in [0.15, 0.2) is 0 Å². The summed E-state index contributed by atoms with van der Waals surface area (Å²) in [4.78, 5) is 28.5. The topological polar surface area (TPSA) is 72.9 Å². The van der Waals surface area contributed by atoms with Crippen molar-refractivity contribution in [1.82, 2.24) is 15.1 Å². The van der Waals surface area contributed by atoms with Crippen LogP contribution in [0.4, 0.5) is 4.39 Å². The van der Waals surface area contributed by atoms with Crippen molar-refractivity contribution in [3.8, 4) is 0 Å². The number of piperidine rings is 1. The van der Waals surface area contributed by atoms with Crippen LogP contribution < -0.4 is 5.32 Å². The van der Waals surface area contributed by atoms with Gasteiger partial charge < -0.3 is 15.3 Å². The van der Waals surface area contributed by atoms with E-state index in [1.165, 1.54) is 12.1 Å². The zero-order chi connectivity index (χ0) is 17.8. The number of rotatable bonds is 4. The first-order valence-electron chi connectivity index (χ1n) is 8.75. The van der Waals surface area contributed by atoms with E-state index in [0.29, 0.717) is 45.6 Å². The molecule has 2 saturated heterocycles. The summed E-state index contributed by atoms with van der Waals surface area (Å²) < 4.78 is 13.4. The first kappa shape index (κ1) is 17.8. The zero-order valence-corrected chi connectivity index (χ0v) is 14.2. The highest BCUT2D eigenvalue weighted by Gasteiger charge is 2.33. The minimum absolute atomic E-state index is 0.0711. The Hall–Kier alpha value is -1.99. The second-order valence-electron chi connectivity index (χ2n) is 6.72. The summed E-state index contributed by atoms with van der Waals surface area (Å²) >= 11 is 0. The standard InChI is InChI=1S/C18H24FN3O3/c19-14-3-1-2-13(10-14)12-22-9-6-20-18(25)16(22)11-17(24)21-7-4-15(23)5-8-21/h1-3,10,15-16,23H,4-9,11-12H2,(H,20,25)/t16-/m1/s1. The molecular formula is C18H24FN3O3. The van der Waals surface area contributed by atoms with Crippen molar-refractivity contribution in [3.63, 3.8) is 0 Å². The molecule has 2 amide bonds. The highest BCUT2D eigenvalue weighted by molar-refractivity contribution is 5.88. The molecule has 0 saturated carbocycles. The number of halogens is 1. The fraction of sp³-hybridized carbons (Fsp3) is 0.556. The lowest BCUT2D eigenvalue weighted by molar-refractivity contribution is -0.140. The fourth-order valence-electron chi connectivity index (χ4n) is 3.45. The number of piperazine rings is 1. The molecule has 0 aromatic heterocycles. The molecule has 0 bridgehead atoms. The number of carbonyl (C=O) groups excluding carboxylic acids is 2. The molecule has 0 radical (unpaired) electrons. The molecule has 0 spiro atoms. The number of amides is 2. The third-order valence-electron chi connectivity index (χ3n) is 4.90. The molecule has 2 N–H and O–H groups in total. The second kappa shape index (κ2) is 7.93. The van der Waals surface area contributed by atoms with Gasteiger partial charge in [0.1, 0.15) is 5.82 Å². The first-order chi connectivity index (χ1) is 12.0. The number of hydrogen-bond donors (Lipinski definition) is 2. The molecule has 2 aliphatic heterocycles. The van der Waals surface area contributed by atoms with Crippen LogP contribution in [0.25, 0.3) is 0 Å². The summed E-state index contributed by atoms with van der Waals surface area (Å²) in [6.07, 6.45) is 0.925. The van der Waals surface area contributed by atoms with Gasteiger partial charge in [-0.25, -0.2) is 4.39 Å². The summed E-state index contributed by atoms with van der Waals surface area (Å²) in [6.45, 7) is 2.63. The summed E-state index contributed by atoms with van der Waals surface area (Å²) in [5.41, 5.74) is 0.785. The monoisotopic (exact) mass is 349 g/mol. The maximum atomic E-state index is 13.4. The van der Waals surface area contributed by atoms with Crippen LogP contribution in [0.5, 0.6) is 0 Å². The minimum atomic E-state index is -0.545. The van der Waals surface area contributed by atoms with Crippen molar-refractivity contribution in [2.24, 2.45) is 0 Å². The summed E-state index contributed by atoms with van der Waals surface area (Å²) in [5.74, 6) is -0.537. The summed E-state index contributed by atoms with van der Waals surface area (Å²) in [6, 6.07) is 5.76. The van der Waals surface area contributed by atoms with Gasteiger partial charge in [-0.3, -0.25) is 14.5 Å². The predicted molar refractivity (Wildman–Crippen MR) is 90.0 cm³/mol. The van der Waals surface area contributed by atoms with Gasteiger partial charge in [-0.15, -0.1) is 0 Å². The largest absolute Gasteiger partial charge is 0.393 e. The Morgan fingerprint density at radius 1 is 1.28 bits per heavy atom. The average molecular weight is 349 g/mol. The Labute approximate surface area is 146 Å². The zero-order valence-electron chi connectivity index (χ0n) is 14.2. The number of carbonyl (C=O) groups is 2. The van der Waals surface area contributed by atoms with E-state index in [2.05, 4.69) is 5.32 Å². The van der Waals surface area contributed by atoms with E-state index < -0.39 is 6.04 Å². The van der Waals surface area contributed by atoms with E-state index in [1.54, 1.807) is 11.0 Å².